The van der Waals surface area contributed by atoms with Crippen molar-refractivity contribution in [3.8, 4) is 0 Å². The highest BCUT2D eigenvalue weighted by Crippen LogP contribution is 2.31. The van der Waals surface area contributed by atoms with Gasteiger partial charge in [-0.25, -0.2) is 4.98 Å². The van der Waals surface area contributed by atoms with Crippen molar-refractivity contribution in [1.82, 2.24) is 9.55 Å². The van der Waals surface area contributed by atoms with Crippen LogP contribution in [-0.2, 0) is 9.53 Å². The summed E-state index contributed by atoms with van der Waals surface area (Å²) in [6.45, 7) is 0.938. The Morgan fingerprint density at radius 2 is 2.28 bits per heavy atom. The zero-order valence-corrected chi connectivity index (χ0v) is 9.72. The fourth-order valence-electron chi connectivity index (χ4n) is 1.89. The van der Waals surface area contributed by atoms with Gasteiger partial charge in [0.1, 0.15) is 24.1 Å². The first-order valence-electron chi connectivity index (χ1n) is 5.46. The van der Waals surface area contributed by atoms with Gasteiger partial charge in [0.15, 0.2) is 6.23 Å². The van der Waals surface area contributed by atoms with Gasteiger partial charge in [-0.1, -0.05) is 0 Å². The first-order valence-corrected chi connectivity index (χ1v) is 5.46. The molecule has 18 heavy (non-hydrogen) atoms. The van der Waals surface area contributed by atoms with Crippen molar-refractivity contribution >= 4 is 11.7 Å². The molecule has 100 valence electrons. The molecule has 0 aromatic carbocycles. The maximum Gasteiger partial charge on any atom is 0.222 e. The molecule has 1 aromatic rings. The summed E-state index contributed by atoms with van der Waals surface area (Å²) in [5.41, 5.74) is 0. The predicted octanol–water partition coefficient (Wildman–Crippen LogP) is -1.55. The number of imidazole rings is 1. The topological polar surface area (TPSA) is 117 Å². The molecule has 0 bridgehead atoms. The Labute approximate surface area is 103 Å². The fourth-order valence-corrected chi connectivity index (χ4v) is 1.89. The molecule has 8 heteroatoms. The van der Waals surface area contributed by atoms with Gasteiger partial charge in [0, 0.05) is 6.92 Å². The van der Waals surface area contributed by atoms with Crippen molar-refractivity contribution in [3.63, 3.8) is 0 Å². The Balaban J connectivity index is 2.22. The van der Waals surface area contributed by atoms with E-state index in [1.54, 1.807) is 0 Å². The molecule has 1 saturated heterocycles. The molecule has 0 spiro atoms. The molecule has 4 N–H and O–H groups in total. The molecule has 8 nitrogen and oxygen atoms in total. The van der Waals surface area contributed by atoms with Gasteiger partial charge < -0.3 is 25.4 Å². The molecule has 1 fully saturated rings. The van der Waals surface area contributed by atoms with Crippen LogP contribution in [0.2, 0.25) is 0 Å². The summed E-state index contributed by atoms with van der Waals surface area (Å²) in [5.74, 6) is 0.0563. The van der Waals surface area contributed by atoms with Crippen LogP contribution in [0.15, 0.2) is 12.5 Å². The van der Waals surface area contributed by atoms with E-state index in [1.165, 1.54) is 24.0 Å². The summed E-state index contributed by atoms with van der Waals surface area (Å²) in [6.07, 6.45) is -1.39. The van der Waals surface area contributed by atoms with Crippen LogP contribution in [0.5, 0.6) is 0 Å². The summed E-state index contributed by atoms with van der Waals surface area (Å²) in [6, 6.07) is 0. The van der Waals surface area contributed by atoms with Crippen LogP contribution in [0.3, 0.4) is 0 Å². The number of nitrogens with one attached hydrogen (secondary N) is 1. The van der Waals surface area contributed by atoms with E-state index in [4.69, 9.17) is 9.84 Å². The van der Waals surface area contributed by atoms with Crippen LogP contribution in [0, 0.1) is 0 Å². The predicted molar refractivity (Wildman–Crippen MR) is 59.5 cm³/mol. The van der Waals surface area contributed by atoms with Gasteiger partial charge >= 0.3 is 0 Å². The molecule has 4 atom stereocenters. The normalized spacial score (nSPS) is 31.6. The van der Waals surface area contributed by atoms with Crippen LogP contribution >= 0.6 is 0 Å². The van der Waals surface area contributed by atoms with Crippen LogP contribution in [-0.4, -0.2) is 55.7 Å². The van der Waals surface area contributed by atoms with E-state index in [9.17, 15) is 15.0 Å². The third-order valence-corrected chi connectivity index (χ3v) is 2.76. The van der Waals surface area contributed by atoms with Gasteiger partial charge in [-0.05, 0) is 0 Å². The highest BCUT2D eigenvalue weighted by Gasteiger charge is 2.43. The summed E-state index contributed by atoms with van der Waals surface area (Å²) >= 11 is 0. The third-order valence-electron chi connectivity index (χ3n) is 2.76. The number of carbonyl (C=O) groups excluding carboxylic acids is 1. The van der Waals surface area contributed by atoms with E-state index in [2.05, 4.69) is 10.3 Å². The van der Waals surface area contributed by atoms with Gasteiger partial charge in [-0.15, -0.1) is 0 Å². The number of aromatic nitrogens is 2. The number of aliphatic hydroxyl groups excluding tert-OH is 3. The Hall–Kier alpha value is -1.48. The lowest BCUT2D eigenvalue weighted by atomic mass is 10.1. The highest BCUT2D eigenvalue weighted by atomic mass is 16.6. The van der Waals surface area contributed by atoms with Gasteiger partial charge in [-0.2, -0.15) is 0 Å². The molecular weight excluding hydrogens is 242 g/mol. The molecular formula is C10H15N3O5. The lowest BCUT2D eigenvalue weighted by molar-refractivity contribution is -0.114. The Kier molecular flexibility index (Phi) is 3.62. The van der Waals surface area contributed by atoms with E-state index in [0.29, 0.717) is 5.82 Å². The zero-order valence-electron chi connectivity index (χ0n) is 9.72. The lowest BCUT2D eigenvalue weighted by Crippen LogP contribution is -2.33. The van der Waals surface area contributed by atoms with Crippen molar-refractivity contribution in [2.75, 3.05) is 11.9 Å². The molecule has 1 amide bonds. The van der Waals surface area contributed by atoms with Crippen LogP contribution in [0.4, 0.5) is 5.82 Å². The Bertz CT molecular complexity index is 435. The van der Waals surface area contributed by atoms with E-state index < -0.39 is 31.1 Å². The number of carbonyl (C=O) groups is 1. The number of anilines is 1. The average Bonchev–Trinajstić information content (AvgIpc) is 2.86. The number of hydrogen-bond acceptors (Lipinski definition) is 6. The molecule has 1 aromatic heterocycles. The maximum atomic E-state index is 11.0. The summed E-state index contributed by atoms with van der Waals surface area (Å²) in [5, 5.41) is 31.0. The minimum atomic E-state index is -1.20. The fraction of sp³-hybridized carbons (Fsp3) is 0.600. The summed E-state index contributed by atoms with van der Waals surface area (Å²) in [7, 11) is 0. The molecule has 0 unspecified atom stereocenters. The highest BCUT2D eigenvalue weighted by molar-refractivity contribution is 5.87. The van der Waals surface area contributed by atoms with Crippen molar-refractivity contribution in [1.29, 1.82) is 0 Å². The zero-order chi connectivity index (χ0) is 13.3. The number of rotatable bonds is 3. The van der Waals surface area contributed by atoms with Crippen LogP contribution < -0.4 is 5.32 Å². The van der Waals surface area contributed by atoms with Crippen molar-refractivity contribution in [3.05, 3.63) is 12.5 Å². The molecule has 1 aliphatic rings. The van der Waals surface area contributed by atoms with E-state index >= 15 is 0 Å². The molecule has 0 aliphatic carbocycles. The minimum absolute atomic E-state index is 0.288. The van der Waals surface area contributed by atoms with E-state index in [0.717, 1.165) is 0 Å². The van der Waals surface area contributed by atoms with Gasteiger partial charge in [-0.3, -0.25) is 9.36 Å². The van der Waals surface area contributed by atoms with Gasteiger partial charge in [0.2, 0.25) is 5.91 Å². The standard InChI is InChI=1S/C10H15N3O5/c1-5(15)12-7-2-11-4-13(7)10-9(17)8(16)6(3-14)18-10/h2,4,6,8-10,14,16-17H,3H2,1H3,(H,12,15)/t6-,8-,9-,10-/m1/s1. The molecule has 2 rings (SSSR count). The lowest BCUT2D eigenvalue weighted by Gasteiger charge is -2.18. The number of ether oxygens (including phenoxy) is 1. The van der Waals surface area contributed by atoms with E-state index in [-0.39, 0.29) is 5.91 Å². The van der Waals surface area contributed by atoms with Crippen molar-refractivity contribution < 1.29 is 24.9 Å². The van der Waals surface area contributed by atoms with Gasteiger partial charge in [0.05, 0.1) is 19.1 Å². The first kappa shape index (κ1) is 13.0. The first-order chi connectivity index (χ1) is 8.54. The largest absolute Gasteiger partial charge is 0.394 e. The van der Waals surface area contributed by atoms with Crippen LogP contribution in [0.25, 0.3) is 0 Å². The number of nitrogens with zero attached hydrogens (tertiary/aromatic N) is 2. The number of hydrogen-bond donors (Lipinski definition) is 4. The molecule has 1 aliphatic heterocycles. The van der Waals surface area contributed by atoms with Gasteiger partial charge in [0.25, 0.3) is 0 Å². The average molecular weight is 257 g/mol. The SMILES string of the molecule is CC(=O)Nc1cncn1[C@@H]1O[C@H](CO)[C@@H](O)[C@H]1O. The summed E-state index contributed by atoms with van der Waals surface area (Å²) < 4.78 is 6.72. The summed E-state index contributed by atoms with van der Waals surface area (Å²) in [4.78, 5) is 14.8. The van der Waals surface area contributed by atoms with Crippen molar-refractivity contribution in [2.45, 2.75) is 31.5 Å². The maximum absolute atomic E-state index is 11.0. The monoisotopic (exact) mass is 257 g/mol. The van der Waals surface area contributed by atoms with Crippen LogP contribution in [0.1, 0.15) is 13.2 Å². The Morgan fingerprint density at radius 1 is 1.56 bits per heavy atom. The second kappa shape index (κ2) is 5.02. The number of amides is 1. The molecule has 2 heterocycles. The molecule has 0 saturated carbocycles. The second-order valence-electron chi connectivity index (χ2n) is 4.10. The number of aliphatic hydroxyl groups is 3. The quantitative estimate of drug-likeness (QED) is 0.521. The Morgan fingerprint density at radius 3 is 2.83 bits per heavy atom. The van der Waals surface area contributed by atoms with Crippen molar-refractivity contribution in [2.24, 2.45) is 0 Å². The smallest absolute Gasteiger partial charge is 0.222 e. The minimum Gasteiger partial charge on any atom is -0.394 e. The third kappa shape index (κ3) is 2.23. The van der Waals surface area contributed by atoms with E-state index in [1.807, 2.05) is 0 Å². The second-order valence-corrected chi connectivity index (χ2v) is 4.10. The molecule has 0 radical (unpaired) electrons.